The van der Waals surface area contributed by atoms with Crippen molar-refractivity contribution >= 4 is 34.5 Å². The number of aryl methyl sites for hydroxylation is 1. The van der Waals surface area contributed by atoms with Gasteiger partial charge in [0.1, 0.15) is 0 Å². The summed E-state index contributed by atoms with van der Waals surface area (Å²) in [5.41, 5.74) is 7.17. The molecule has 0 aliphatic rings. The quantitative estimate of drug-likeness (QED) is 0.573. The van der Waals surface area contributed by atoms with Crippen molar-refractivity contribution in [3.05, 3.63) is 63.6 Å². The molecule has 0 fully saturated rings. The van der Waals surface area contributed by atoms with Gasteiger partial charge in [-0.2, -0.15) is 0 Å². The Hall–Kier alpha value is -1.35. The lowest BCUT2D eigenvalue weighted by atomic mass is 10.1. The molecule has 99 valence electrons. The summed E-state index contributed by atoms with van der Waals surface area (Å²) in [6.07, 6.45) is 0. The summed E-state index contributed by atoms with van der Waals surface area (Å²) in [5, 5.41) is 1.08. The molecule has 4 heteroatoms. The second kappa shape index (κ2) is 5.57. The minimum atomic E-state index is 0.534. The van der Waals surface area contributed by atoms with Crippen LogP contribution in [0.1, 0.15) is 5.56 Å². The third-order valence-electron chi connectivity index (χ3n) is 3.03. The highest BCUT2D eigenvalue weighted by atomic mass is 35.5. The minimum Gasteiger partial charge on any atom is -0.233 e. The van der Waals surface area contributed by atoms with Gasteiger partial charge in [0.2, 0.25) is 0 Å². The zero-order valence-electron chi connectivity index (χ0n) is 10.7. The number of nitrogens with zero attached hydrogens (tertiary/aromatic N) is 1. The molecule has 3 aromatic rings. The lowest BCUT2D eigenvalue weighted by molar-refractivity contribution is 1.39. The van der Waals surface area contributed by atoms with E-state index in [4.69, 9.17) is 23.2 Å². The van der Waals surface area contributed by atoms with Crippen LogP contribution in [0.2, 0.25) is 10.0 Å². The molecule has 1 heterocycles. The molecule has 0 bridgehead atoms. The molecule has 0 unspecified atom stereocenters. The summed E-state index contributed by atoms with van der Waals surface area (Å²) in [4.78, 5) is 5.43. The first kappa shape index (κ1) is 13.6. The van der Waals surface area contributed by atoms with Gasteiger partial charge >= 0.3 is 0 Å². The third-order valence-corrected chi connectivity index (χ3v) is 4.58. The molecule has 0 atom stereocenters. The zero-order chi connectivity index (χ0) is 14.1. The van der Waals surface area contributed by atoms with E-state index in [0.717, 1.165) is 21.7 Å². The van der Waals surface area contributed by atoms with Gasteiger partial charge < -0.3 is 0 Å². The first-order chi connectivity index (χ1) is 9.65. The van der Waals surface area contributed by atoms with Crippen LogP contribution in [0.4, 0.5) is 0 Å². The Morgan fingerprint density at radius 2 is 1.65 bits per heavy atom. The van der Waals surface area contributed by atoms with Crippen molar-refractivity contribution in [1.29, 1.82) is 0 Å². The molecule has 0 spiro atoms. The summed E-state index contributed by atoms with van der Waals surface area (Å²) in [6.45, 7) is 2.07. The second-order valence-corrected chi connectivity index (χ2v) is 6.09. The van der Waals surface area contributed by atoms with Crippen molar-refractivity contribution < 1.29 is 0 Å². The molecule has 0 N–H and O–H groups in total. The maximum atomic E-state index is 6.08. The van der Waals surface area contributed by atoms with Gasteiger partial charge in [-0.1, -0.05) is 59.1 Å². The zero-order valence-corrected chi connectivity index (χ0v) is 13.0. The van der Waals surface area contributed by atoms with Crippen molar-refractivity contribution in [2.45, 2.75) is 6.92 Å². The molecule has 1 radical (unpaired) electrons. The maximum Gasteiger partial charge on any atom is 0.153 e. The number of aromatic nitrogens is 1. The van der Waals surface area contributed by atoms with Gasteiger partial charge in [-0.25, -0.2) is 4.98 Å². The fourth-order valence-corrected chi connectivity index (χ4v) is 2.99. The fourth-order valence-electron chi connectivity index (χ4n) is 1.95. The van der Waals surface area contributed by atoms with Gasteiger partial charge in [0.25, 0.3) is 0 Å². The van der Waals surface area contributed by atoms with Crippen molar-refractivity contribution in [2.24, 2.45) is 0 Å². The largest absolute Gasteiger partial charge is 0.233 e. The Kier molecular flexibility index (Phi) is 3.79. The van der Waals surface area contributed by atoms with E-state index in [0.29, 0.717) is 10.0 Å². The first-order valence-electron chi connectivity index (χ1n) is 6.04. The molecular weight excluding hydrogens is 309 g/mol. The normalized spacial score (nSPS) is 10.8. The van der Waals surface area contributed by atoms with Crippen molar-refractivity contribution in [1.82, 2.24) is 4.98 Å². The van der Waals surface area contributed by atoms with Gasteiger partial charge in [-0.15, -0.1) is 11.3 Å². The Morgan fingerprint density at radius 3 is 2.35 bits per heavy atom. The van der Waals surface area contributed by atoms with Gasteiger partial charge in [0.15, 0.2) is 5.51 Å². The van der Waals surface area contributed by atoms with Crippen LogP contribution in [0.15, 0.2) is 42.5 Å². The highest BCUT2D eigenvalue weighted by Crippen LogP contribution is 2.36. The lowest BCUT2D eigenvalue weighted by Gasteiger charge is -2.05. The van der Waals surface area contributed by atoms with Crippen LogP contribution in [0.25, 0.3) is 21.7 Å². The average Bonchev–Trinajstić information content (AvgIpc) is 2.92. The van der Waals surface area contributed by atoms with Gasteiger partial charge in [0, 0.05) is 5.56 Å². The molecule has 3 rings (SSSR count). The second-order valence-electron chi connectivity index (χ2n) is 4.48. The van der Waals surface area contributed by atoms with Crippen LogP contribution in [0, 0.1) is 12.4 Å². The lowest BCUT2D eigenvalue weighted by Crippen LogP contribution is -1.83. The Labute approximate surface area is 131 Å². The van der Waals surface area contributed by atoms with Crippen LogP contribution in [-0.2, 0) is 0 Å². The molecule has 0 amide bonds. The first-order valence-corrected chi connectivity index (χ1v) is 7.62. The molecule has 1 aromatic heterocycles. The molecule has 2 aromatic carbocycles. The molecule has 1 nitrogen and oxygen atoms in total. The van der Waals surface area contributed by atoms with Crippen molar-refractivity contribution in [3.63, 3.8) is 0 Å². The van der Waals surface area contributed by atoms with Crippen LogP contribution < -0.4 is 0 Å². The van der Waals surface area contributed by atoms with E-state index in [1.165, 1.54) is 16.9 Å². The van der Waals surface area contributed by atoms with Crippen LogP contribution in [0.5, 0.6) is 0 Å². The van der Waals surface area contributed by atoms with Crippen LogP contribution in [-0.4, -0.2) is 4.98 Å². The Morgan fingerprint density at radius 1 is 0.950 bits per heavy atom. The van der Waals surface area contributed by atoms with E-state index < -0.39 is 0 Å². The summed E-state index contributed by atoms with van der Waals surface area (Å²) >= 11 is 13.5. The minimum absolute atomic E-state index is 0.534. The van der Waals surface area contributed by atoms with Crippen LogP contribution in [0.3, 0.4) is 0 Å². The predicted molar refractivity (Wildman–Crippen MR) is 86.6 cm³/mol. The van der Waals surface area contributed by atoms with E-state index in [9.17, 15) is 0 Å². The highest BCUT2D eigenvalue weighted by Gasteiger charge is 2.12. The van der Waals surface area contributed by atoms with Gasteiger partial charge in [-0.3, -0.25) is 0 Å². The van der Waals surface area contributed by atoms with Gasteiger partial charge in [0.05, 0.1) is 20.6 Å². The van der Waals surface area contributed by atoms with Crippen molar-refractivity contribution in [2.75, 3.05) is 0 Å². The summed E-state index contributed by atoms with van der Waals surface area (Å²) < 4.78 is 0. The Balaban J connectivity index is 2.10. The molecular formula is C16H10Cl2NS. The summed E-state index contributed by atoms with van der Waals surface area (Å²) in [7, 11) is 0. The molecule has 0 aliphatic heterocycles. The topological polar surface area (TPSA) is 12.9 Å². The average molecular weight is 319 g/mol. The standard InChI is InChI=1S/C16H10Cl2NS/c1-10-2-4-11(5-3-10)16-15(19-9-20-16)12-6-7-13(17)14(18)8-12/h2-8H,1H3. The summed E-state index contributed by atoms with van der Waals surface area (Å²) in [6, 6.07) is 13.9. The van der Waals surface area contributed by atoms with E-state index in [-0.39, 0.29) is 0 Å². The molecule has 0 saturated heterocycles. The van der Waals surface area contributed by atoms with Crippen molar-refractivity contribution in [3.8, 4) is 21.7 Å². The number of benzene rings is 2. The number of hydrogen-bond donors (Lipinski definition) is 0. The van der Waals surface area contributed by atoms with E-state index in [1.807, 2.05) is 12.1 Å². The number of thiazole rings is 1. The molecule has 0 saturated carbocycles. The molecule has 0 aliphatic carbocycles. The number of rotatable bonds is 2. The SMILES string of the molecule is Cc1ccc(-c2s[c]nc2-c2ccc(Cl)c(Cl)c2)cc1. The smallest absolute Gasteiger partial charge is 0.153 e. The molecule has 20 heavy (non-hydrogen) atoms. The number of halogens is 2. The fraction of sp³-hybridized carbons (Fsp3) is 0.0625. The predicted octanol–water partition coefficient (Wildman–Crippen LogP) is 5.89. The highest BCUT2D eigenvalue weighted by molar-refractivity contribution is 7.13. The van der Waals surface area contributed by atoms with E-state index in [2.05, 4.69) is 41.7 Å². The maximum absolute atomic E-state index is 6.08. The Bertz CT molecular complexity index is 747. The van der Waals surface area contributed by atoms with E-state index >= 15 is 0 Å². The van der Waals surface area contributed by atoms with Crippen LogP contribution >= 0.6 is 34.5 Å². The monoisotopic (exact) mass is 318 g/mol. The number of hydrogen-bond acceptors (Lipinski definition) is 2. The van der Waals surface area contributed by atoms with E-state index in [1.54, 1.807) is 6.07 Å². The summed E-state index contributed by atoms with van der Waals surface area (Å²) in [5.74, 6) is 0. The van der Waals surface area contributed by atoms with Gasteiger partial charge in [-0.05, 0) is 24.6 Å². The third kappa shape index (κ3) is 2.59.